The Morgan fingerprint density at radius 3 is 1.79 bits per heavy atom. The van der Waals surface area contributed by atoms with Gasteiger partial charge in [-0.1, -0.05) is 0 Å². The second-order valence-corrected chi connectivity index (χ2v) is 8.54. The summed E-state index contributed by atoms with van der Waals surface area (Å²) in [5.74, 6) is 0. The quantitative estimate of drug-likeness (QED) is 0.172. The van der Waals surface area contributed by atoms with Gasteiger partial charge in [0.2, 0.25) is 0 Å². The van der Waals surface area contributed by atoms with Crippen LogP contribution in [-0.2, 0) is 18.9 Å². The molecule has 15 heteroatoms. The molecule has 3 rings (SSSR count). The molecule has 0 radical (unpaired) electrons. The zero-order valence-electron chi connectivity index (χ0n) is 17.5. The van der Waals surface area contributed by atoms with E-state index in [0.717, 1.165) is 0 Å². The monoisotopic (exact) mass is 488 g/mol. The fourth-order valence-corrected chi connectivity index (χ4v) is 4.21. The Bertz CT molecular complexity index is 638. The van der Waals surface area contributed by atoms with Crippen LogP contribution in [0.3, 0.4) is 0 Å². The maximum Gasteiger partial charge on any atom is 0.187 e. The van der Waals surface area contributed by atoms with Crippen molar-refractivity contribution in [2.75, 3.05) is 6.61 Å². The van der Waals surface area contributed by atoms with Crippen LogP contribution in [0.1, 0.15) is 6.92 Å². The first-order valence-corrected chi connectivity index (χ1v) is 10.4. The van der Waals surface area contributed by atoms with E-state index in [1.165, 1.54) is 6.92 Å². The normalized spacial score (nSPS) is 54.7. The van der Waals surface area contributed by atoms with Gasteiger partial charge in [-0.15, -0.1) is 0 Å². The van der Waals surface area contributed by atoms with Gasteiger partial charge in [-0.3, -0.25) is 0 Å². The summed E-state index contributed by atoms with van der Waals surface area (Å²) < 4.78 is 21.1. The van der Waals surface area contributed by atoms with Crippen molar-refractivity contribution in [2.24, 2.45) is 0 Å². The Morgan fingerprint density at radius 1 is 0.667 bits per heavy atom. The Labute approximate surface area is 187 Å². The smallest absolute Gasteiger partial charge is 0.187 e. The van der Waals surface area contributed by atoms with Gasteiger partial charge in [0.15, 0.2) is 12.6 Å². The lowest BCUT2D eigenvalue weighted by Crippen LogP contribution is -2.68. The zero-order valence-corrected chi connectivity index (χ0v) is 17.5. The van der Waals surface area contributed by atoms with Crippen LogP contribution in [0, 0.1) is 0 Å². The average molecular weight is 488 g/mol. The Hall–Kier alpha value is -0.600. The van der Waals surface area contributed by atoms with Crippen LogP contribution in [0.2, 0.25) is 0 Å². The molecule has 16 atom stereocenters. The van der Waals surface area contributed by atoms with E-state index in [0.29, 0.717) is 0 Å². The molecule has 3 aliphatic rings. The molecule has 0 saturated carbocycles. The van der Waals surface area contributed by atoms with Crippen LogP contribution >= 0.6 is 0 Å². The van der Waals surface area contributed by atoms with Gasteiger partial charge in [-0.25, -0.2) is 0 Å². The third-order valence-corrected chi connectivity index (χ3v) is 6.30. The molecule has 3 aliphatic heterocycles. The summed E-state index contributed by atoms with van der Waals surface area (Å²) >= 11 is 0. The van der Waals surface area contributed by atoms with Crippen molar-refractivity contribution in [3.05, 3.63) is 0 Å². The predicted molar refractivity (Wildman–Crippen MR) is 99.9 cm³/mol. The predicted octanol–water partition coefficient (Wildman–Crippen LogP) is -7.16. The minimum absolute atomic E-state index is 0.786. The summed E-state index contributed by atoms with van der Waals surface area (Å²) in [6.45, 7) is 0.577. The second kappa shape index (κ2) is 10.6. The summed E-state index contributed by atoms with van der Waals surface area (Å²) in [6.07, 6.45) is -27.5. The average Bonchev–Trinajstić information content (AvgIpc) is 2.79. The van der Waals surface area contributed by atoms with Crippen molar-refractivity contribution >= 4 is 0 Å². The fraction of sp³-hybridized carbons (Fsp3) is 1.00. The lowest BCUT2D eigenvalue weighted by molar-refractivity contribution is -0.364. The van der Waals surface area contributed by atoms with E-state index in [1.807, 2.05) is 0 Å². The van der Waals surface area contributed by atoms with E-state index in [1.54, 1.807) is 0 Å². The van der Waals surface area contributed by atoms with E-state index in [4.69, 9.17) is 18.9 Å². The molecule has 3 saturated heterocycles. The Balaban J connectivity index is 1.78. The molecule has 0 spiro atoms. The summed E-state index contributed by atoms with van der Waals surface area (Å²) in [5, 5.41) is 111. The standard InChI is InChI=1S/C18H32O15/c1-3-5(20)6(21)8(23)15(30-3)13(28)16-9(24)7(22)12(27)18(33-16)32-14-4(2-19)31-17(29)11(26)10(14)25/h3-29H,2H2,1H3/t3-,4+,5+,6+,7-,8-,9+,10+,11+,12+,13?,14+,15?,16-,17?,18+/m0/s1. The van der Waals surface area contributed by atoms with Gasteiger partial charge in [-0.2, -0.15) is 0 Å². The number of hydrogen-bond acceptors (Lipinski definition) is 15. The number of rotatable bonds is 5. The summed E-state index contributed by atoms with van der Waals surface area (Å²) in [4.78, 5) is 0. The second-order valence-electron chi connectivity index (χ2n) is 8.54. The summed E-state index contributed by atoms with van der Waals surface area (Å²) in [5.41, 5.74) is 0. The minimum atomic E-state index is -1.97. The molecule has 0 aromatic rings. The van der Waals surface area contributed by atoms with E-state index in [2.05, 4.69) is 0 Å². The van der Waals surface area contributed by atoms with Gasteiger partial charge >= 0.3 is 0 Å². The first-order chi connectivity index (χ1) is 15.4. The highest BCUT2D eigenvalue weighted by atomic mass is 16.7. The molecule has 0 amide bonds. The molecule has 33 heavy (non-hydrogen) atoms. The minimum Gasteiger partial charge on any atom is -0.394 e. The largest absolute Gasteiger partial charge is 0.394 e. The molecular weight excluding hydrogens is 456 g/mol. The van der Waals surface area contributed by atoms with Gasteiger partial charge in [0, 0.05) is 0 Å². The third-order valence-electron chi connectivity index (χ3n) is 6.30. The highest BCUT2D eigenvalue weighted by molar-refractivity contribution is 5.01. The number of aliphatic hydroxyl groups is 11. The number of aliphatic hydroxyl groups excluding tert-OH is 11. The molecule has 11 N–H and O–H groups in total. The van der Waals surface area contributed by atoms with Crippen LogP contribution < -0.4 is 0 Å². The molecule has 3 fully saturated rings. The van der Waals surface area contributed by atoms with Gasteiger partial charge in [-0.05, 0) is 6.92 Å². The van der Waals surface area contributed by atoms with Crippen LogP contribution in [0.25, 0.3) is 0 Å². The van der Waals surface area contributed by atoms with E-state index in [9.17, 15) is 56.2 Å². The lowest BCUT2D eigenvalue weighted by atomic mass is 9.87. The third kappa shape index (κ3) is 5.04. The number of hydrogen-bond donors (Lipinski definition) is 11. The Kier molecular flexibility index (Phi) is 8.65. The van der Waals surface area contributed by atoms with Gasteiger partial charge in [0.1, 0.15) is 79.4 Å². The van der Waals surface area contributed by atoms with E-state index >= 15 is 0 Å². The lowest BCUT2D eigenvalue weighted by Gasteiger charge is -2.48. The SMILES string of the molecule is C[C@@H]1OC(C(O)[C@H]2O[C@@H](O[C@H]3[C@H](O)[C@@H](O)C(O)O[C@@H]3CO)[C@H](O)[C@@H](O)[C@H]2O)[C@@H](O)[C@H](O)[C@@H]1O. The van der Waals surface area contributed by atoms with Gasteiger partial charge in [0.25, 0.3) is 0 Å². The highest BCUT2D eigenvalue weighted by Crippen LogP contribution is 2.32. The highest BCUT2D eigenvalue weighted by Gasteiger charge is 2.54. The van der Waals surface area contributed by atoms with Crippen LogP contribution in [0.4, 0.5) is 0 Å². The molecule has 0 aromatic heterocycles. The molecule has 3 heterocycles. The summed E-state index contributed by atoms with van der Waals surface area (Å²) in [7, 11) is 0. The fourth-order valence-electron chi connectivity index (χ4n) is 4.21. The van der Waals surface area contributed by atoms with Crippen LogP contribution in [0.5, 0.6) is 0 Å². The maximum atomic E-state index is 10.7. The topological polar surface area (TPSA) is 259 Å². The van der Waals surface area contributed by atoms with Crippen molar-refractivity contribution in [1.29, 1.82) is 0 Å². The molecule has 0 bridgehead atoms. The zero-order chi connectivity index (χ0) is 24.8. The van der Waals surface area contributed by atoms with Crippen LogP contribution in [-0.4, -0.2) is 161 Å². The first-order valence-electron chi connectivity index (χ1n) is 10.4. The maximum absolute atomic E-state index is 10.7. The van der Waals surface area contributed by atoms with Crippen molar-refractivity contribution in [3.63, 3.8) is 0 Å². The number of ether oxygens (including phenoxy) is 4. The molecule has 0 aromatic carbocycles. The van der Waals surface area contributed by atoms with E-state index in [-0.39, 0.29) is 0 Å². The first kappa shape index (κ1) is 27.0. The van der Waals surface area contributed by atoms with Crippen molar-refractivity contribution in [3.8, 4) is 0 Å². The molecule has 0 aliphatic carbocycles. The van der Waals surface area contributed by atoms with Crippen molar-refractivity contribution < 1.29 is 75.1 Å². The molecule has 15 nitrogen and oxygen atoms in total. The summed E-state index contributed by atoms with van der Waals surface area (Å²) in [6, 6.07) is 0. The molecular formula is C18H32O15. The van der Waals surface area contributed by atoms with Crippen molar-refractivity contribution in [1.82, 2.24) is 0 Å². The Morgan fingerprint density at radius 2 is 1.21 bits per heavy atom. The molecule has 3 unspecified atom stereocenters. The van der Waals surface area contributed by atoms with E-state index < -0.39 is 105 Å². The van der Waals surface area contributed by atoms with Crippen molar-refractivity contribution in [2.45, 2.75) is 105 Å². The van der Waals surface area contributed by atoms with Crippen LogP contribution in [0.15, 0.2) is 0 Å². The van der Waals surface area contributed by atoms with Gasteiger partial charge in [0.05, 0.1) is 12.7 Å². The van der Waals surface area contributed by atoms with Gasteiger partial charge < -0.3 is 75.1 Å². The molecule has 194 valence electrons.